The van der Waals surface area contributed by atoms with Crippen molar-refractivity contribution in [1.29, 1.82) is 0 Å². The number of nitrogen functional groups attached to an aromatic ring is 1. The first-order valence-corrected chi connectivity index (χ1v) is 6.46. The summed E-state index contributed by atoms with van der Waals surface area (Å²) in [6.45, 7) is 3.25. The van der Waals surface area contributed by atoms with Gasteiger partial charge in [0.2, 0.25) is 0 Å². The Morgan fingerprint density at radius 2 is 2.40 bits per heavy atom. The summed E-state index contributed by atoms with van der Waals surface area (Å²) < 4.78 is 0. The van der Waals surface area contributed by atoms with Crippen LogP contribution in [-0.4, -0.2) is 18.3 Å². The third-order valence-electron chi connectivity index (χ3n) is 2.77. The van der Waals surface area contributed by atoms with Gasteiger partial charge in [-0.25, -0.2) is 0 Å². The van der Waals surface area contributed by atoms with Gasteiger partial charge in [-0.2, -0.15) is 0 Å². The molecule has 3 N–H and O–H groups in total. The highest BCUT2D eigenvalue weighted by molar-refractivity contribution is 7.99. The van der Waals surface area contributed by atoms with E-state index in [1.807, 2.05) is 17.8 Å². The molecule has 2 nitrogen and oxygen atoms in total. The van der Waals surface area contributed by atoms with E-state index in [2.05, 4.69) is 24.4 Å². The van der Waals surface area contributed by atoms with Gasteiger partial charge >= 0.3 is 0 Å². The molecule has 1 heterocycles. The minimum Gasteiger partial charge on any atom is -0.398 e. The monoisotopic (exact) mass is 222 g/mol. The Morgan fingerprint density at radius 3 is 3.07 bits per heavy atom. The zero-order chi connectivity index (χ0) is 10.7. The minimum atomic E-state index is 0.677. The maximum atomic E-state index is 5.96. The molecule has 15 heavy (non-hydrogen) atoms. The first-order chi connectivity index (χ1) is 7.25. The minimum absolute atomic E-state index is 0.677. The van der Waals surface area contributed by atoms with Gasteiger partial charge in [-0.1, -0.05) is 6.07 Å². The second-order valence-electron chi connectivity index (χ2n) is 4.15. The Bertz CT molecular complexity index is 332. The highest BCUT2D eigenvalue weighted by Gasteiger charge is 2.14. The van der Waals surface area contributed by atoms with Crippen LogP contribution in [0.4, 0.5) is 5.69 Å². The van der Waals surface area contributed by atoms with Crippen LogP contribution in [0.2, 0.25) is 0 Å². The van der Waals surface area contributed by atoms with E-state index in [9.17, 15) is 0 Å². The van der Waals surface area contributed by atoms with Crippen molar-refractivity contribution in [2.24, 2.45) is 0 Å². The van der Waals surface area contributed by atoms with Crippen molar-refractivity contribution in [3.63, 3.8) is 0 Å². The maximum absolute atomic E-state index is 5.96. The number of nitrogens with two attached hydrogens (primary N) is 1. The van der Waals surface area contributed by atoms with Gasteiger partial charge in [-0.05, 0) is 44.0 Å². The van der Waals surface area contributed by atoms with Gasteiger partial charge < -0.3 is 11.1 Å². The number of hydrogen-bond donors (Lipinski definition) is 2. The normalized spacial score (nSPS) is 20.7. The molecule has 0 saturated carbocycles. The summed E-state index contributed by atoms with van der Waals surface area (Å²) >= 11 is 1.87. The van der Waals surface area contributed by atoms with E-state index in [1.165, 1.54) is 29.8 Å². The van der Waals surface area contributed by atoms with E-state index < -0.39 is 0 Å². The van der Waals surface area contributed by atoms with Crippen LogP contribution in [0.25, 0.3) is 0 Å². The second kappa shape index (κ2) is 4.90. The Hall–Kier alpha value is -0.670. The molecule has 0 bridgehead atoms. The van der Waals surface area contributed by atoms with Gasteiger partial charge in [0.15, 0.2) is 0 Å². The number of aryl methyl sites for hydroxylation is 1. The zero-order valence-corrected chi connectivity index (χ0v) is 9.94. The summed E-state index contributed by atoms with van der Waals surface area (Å²) in [6.07, 6.45) is 2.62. The Balaban J connectivity index is 1.92. The lowest BCUT2D eigenvalue weighted by atomic mass is 10.2. The third kappa shape index (κ3) is 2.89. The summed E-state index contributed by atoms with van der Waals surface area (Å²) in [7, 11) is 0. The molecule has 82 valence electrons. The lowest BCUT2D eigenvalue weighted by Crippen LogP contribution is -2.23. The molecule has 0 radical (unpaired) electrons. The van der Waals surface area contributed by atoms with Crippen molar-refractivity contribution < 1.29 is 0 Å². The average molecular weight is 222 g/mol. The number of benzene rings is 1. The van der Waals surface area contributed by atoms with Gasteiger partial charge in [-0.15, -0.1) is 11.8 Å². The molecule has 1 saturated heterocycles. The quantitative estimate of drug-likeness (QED) is 0.609. The van der Waals surface area contributed by atoms with E-state index in [4.69, 9.17) is 5.73 Å². The van der Waals surface area contributed by atoms with E-state index in [1.54, 1.807) is 0 Å². The molecule has 1 aromatic rings. The highest BCUT2D eigenvalue weighted by atomic mass is 32.2. The van der Waals surface area contributed by atoms with Crippen LogP contribution < -0.4 is 11.1 Å². The number of anilines is 1. The van der Waals surface area contributed by atoms with Crippen molar-refractivity contribution in [2.75, 3.05) is 18.0 Å². The van der Waals surface area contributed by atoms with Crippen LogP contribution in [0, 0.1) is 6.92 Å². The van der Waals surface area contributed by atoms with Crippen LogP contribution >= 0.6 is 11.8 Å². The fourth-order valence-corrected chi connectivity index (χ4v) is 2.94. The molecule has 0 amide bonds. The van der Waals surface area contributed by atoms with Gasteiger partial charge in [-0.3, -0.25) is 0 Å². The third-order valence-corrected chi connectivity index (χ3v) is 4.02. The topological polar surface area (TPSA) is 38.0 Å². The van der Waals surface area contributed by atoms with Gasteiger partial charge in [0.25, 0.3) is 0 Å². The van der Waals surface area contributed by atoms with Crippen LogP contribution in [0.5, 0.6) is 0 Å². The van der Waals surface area contributed by atoms with Crippen molar-refractivity contribution in [3.8, 4) is 0 Å². The molecule has 1 aliphatic heterocycles. The lowest BCUT2D eigenvalue weighted by Gasteiger charge is -2.11. The summed E-state index contributed by atoms with van der Waals surface area (Å²) in [6, 6.07) is 6.98. The SMILES string of the molecule is Cc1ccc(SC[C@H]2CCCN2)c(N)c1. The molecule has 2 rings (SSSR count). The van der Waals surface area contributed by atoms with Crippen LogP contribution in [0.1, 0.15) is 18.4 Å². The fourth-order valence-electron chi connectivity index (χ4n) is 1.89. The zero-order valence-electron chi connectivity index (χ0n) is 9.12. The molecule has 0 spiro atoms. The van der Waals surface area contributed by atoms with E-state index in [0.29, 0.717) is 6.04 Å². The first kappa shape index (κ1) is 10.8. The van der Waals surface area contributed by atoms with Crippen molar-refractivity contribution in [1.82, 2.24) is 5.32 Å². The van der Waals surface area contributed by atoms with Crippen molar-refractivity contribution >= 4 is 17.4 Å². The first-order valence-electron chi connectivity index (χ1n) is 5.48. The second-order valence-corrected chi connectivity index (χ2v) is 5.21. The van der Waals surface area contributed by atoms with Gasteiger partial charge in [0, 0.05) is 22.4 Å². The molecular formula is C12H18N2S. The van der Waals surface area contributed by atoms with Crippen LogP contribution in [-0.2, 0) is 0 Å². The Labute approximate surface area is 95.6 Å². The molecular weight excluding hydrogens is 204 g/mol. The largest absolute Gasteiger partial charge is 0.398 e. The maximum Gasteiger partial charge on any atom is 0.0454 e. The predicted octanol–water partition coefficient (Wildman–Crippen LogP) is 2.42. The molecule has 1 aromatic carbocycles. The van der Waals surface area contributed by atoms with Gasteiger partial charge in [0.05, 0.1) is 0 Å². The Kier molecular flexibility index (Phi) is 3.54. The number of thioether (sulfide) groups is 1. The number of rotatable bonds is 3. The molecule has 1 fully saturated rings. The molecule has 0 aromatic heterocycles. The number of hydrogen-bond acceptors (Lipinski definition) is 3. The molecule has 0 aliphatic carbocycles. The van der Waals surface area contributed by atoms with Crippen molar-refractivity contribution in [2.45, 2.75) is 30.7 Å². The van der Waals surface area contributed by atoms with E-state index in [-0.39, 0.29) is 0 Å². The summed E-state index contributed by atoms with van der Waals surface area (Å²) in [5.41, 5.74) is 8.11. The van der Waals surface area contributed by atoms with Crippen molar-refractivity contribution in [3.05, 3.63) is 23.8 Å². The average Bonchev–Trinajstić information content (AvgIpc) is 2.69. The Morgan fingerprint density at radius 1 is 1.53 bits per heavy atom. The summed E-state index contributed by atoms with van der Waals surface area (Å²) in [4.78, 5) is 1.22. The summed E-state index contributed by atoms with van der Waals surface area (Å²) in [5, 5.41) is 3.50. The lowest BCUT2D eigenvalue weighted by molar-refractivity contribution is 0.674. The highest BCUT2D eigenvalue weighted by Crippen LogP contribution is 2.27. The molecule has 3 heteroatoms. The van der Waals surface area contributed by atoms with Crippen LogP contribution in [0.15, 0.2) is 23.1 Å². The molecule has 1 atom stereocenters. The summed E-state index contributed by atoms with van der Waals surface area (Å²) in [5.74, 6) is 1.13. The van der Waals surface area contributed by atoms with Crippen LogP contribution in [0.3, 0.4) is 0 Å². The molecule has 0 unspecified atom stereocenters. The standard InChI is InChI=1S/C12H18N2S/c1-9-4-5-12(11(13)7-9)15-8-10-3-2-6-14-10/h4-5,7,10,14H,2-3,6,8,13H2,1H3/t10-/m1/s1. The fraction of sp³-hybridized carbons (Fsp3) is 0.500. The number of nitrogens with one attached hydrogen (secondary N) is 1. The van der Waals surface area contributed by atoms with Gasteiger partial charge in [0.1, 0.15) is 0 Å². The molecule has 1 aliphatic rings. The smallest absolute Gasteiger partial charge is 0.0454 e. The predicted molar refractivity (Wildman–Crippen MR) is 67.3 cm³/mol. The van der Waals surface area contributed by atoms with E-state index >= 15 is 0 Å². The van der Waals surface area contributed by atoms with E-state index in [0.717, 1.165) is 11.4 Å².